The van der Waals surface area contributed by atoms with Crippen LogP contribution in [0.5, 0.6) is 5.75 Å². The Kier molecular flexibility index (Phi) is 8.77. The normalized spacial score (nSPS) is 19.8. The van der Waals surface area contributed by atoms with Crippen LogP contribution in [0, 0.1) is 5.82 Å². The number of benzene rings is 2. The molecule has 1 saturated heterocycles. The number of rotatable bonds is 6. The highest BCUT2D eigenvalue weighted by Gasteiger charge is 2.36. The average molecular weight is 588 g/mol. The summed E-state index contributed by atoms with van der Waals surface area (Å²) >= 11 is 0. The van der Waals surface area contributed by atoms with Gasteiger partial charge < -0.3 is 18.9 Å². The van der Waals surface area contributed by atoms with Crippen LogP contribution in [0.1, 0.15) is 84.0 Å². The molecular formula is C36H42FNO5. The van der Waals surface area contributed by atoms with Crippen molar-refractivity contribution in [3.05, 3.63) is 77.2 Å². The van der Waals surface area contributed by atoms with E-state index in [1.54, 1.807) is 0 Å². The van der Waals surface area contributed by atoms with Gasteiger partial charge in [0.15, 0.2) is 5.79 Å². The minimum Gasteiger partial charge on any atom is -0.493 e. The molecule has 0 aliphatic carbocycles. The lowest BCUT2D eigenvalue weighted by Crippen LogP contribution is -2.45. The molecule has 43 heavy (non-hydrogen) atoms. The third-order valence-electron chi connectivity index (χ3n) is 7.47. The van der Waals surface area contributed by atoms with Gasteiger partial charge >= 0.3 is 5.97 Å². The molecule has 0 unspecified atom stereocenters. The Morgan fingerprint density at radius 1 is 1.12 bits per heavy atom. The molecule has 5 rings (SSSR count). The fraction of sp³-hybridized carbons (Fsp3) is 0.444. The van der Waals surface area contributed by atoms with E-state index in [1.165, 1.54) is 12.1 Å². The Bertz CT molecular complexity index is 1500. The van der Waals surface area contributed by atoms with E-state index in [9.17, 15) is 9.18 Å². The van der Waals surface area contributed by atoms with Crippen molar-refractivity contribution in [2.24, 2.45) is 0 Å². The molecule has 0 N–H and O–H groups in total. The van der Waals surface area contributed by atoms with E-state index >= 15 is 0 Å². The second kappa shape index (κ2) is 12.2. The van der Waals surface area contributed by atoms with Gasteiger partial charge in [-0.25, -0.2) is 4.39 Å². The smallest absolute Gasteiger partial charge is 0.308 e. The summed E-state index contributed by atoms with van der Waals surface area (Å²) in [4.78, 5) is 17.9. The van der Waals surface area contributed by atoms with Gasteiger partial charge in [0.1, 0.15) is 17.2 Å². The molecule has 1 fully saturated rings. The first-order valence-electron chi connectivity index (χ1n) is 15.1. The Hall–Kier alpha value is -3.55. The van der Waals surface area contributed by atoms with E-state index in [4.69, 9.17) is 23.9 Å². The van der Waals surface area contributed by atoms with E-state index in [-0.39, 0.29) is 36.3 Å². The van der Waals surface area contributed by atoms with Crippen molar-refractivity contribution in [3.63, 3.8) is 0 Å². The molecule has 2 aromatic carbocycles. The molecule has 3 heterocycles. The van der Waals surface area contributed by atoms with Crippen molar-refractivity contribution in [1.29, 1.82) is 0 Å². The van der Waals surface area contributed by atoms with Gasteiger partial charge in [0.25, 0.3) is 0 Å². The third kappa shape index (κ3) is 7.34. The number of fused-ring (bicyclic) bond motifs is 3. The number of aromatic nitrogens is 1. The number of hydrogen-bond donors (Lipinski definition) is 0. The first-order chi connectivity index (χ1) is 20.3. The van der Waals surface area contributed by atoms with Crippen LogP contribution < -0.4 is 4.74 Å². The van der Waals surface area contributed by atoms with Gasteiger partial charge in [-0.3, -0.25) is 9.78 Å². The molecule has 1 aromatic heterocycles. The lowest BCUT2D eigenvalue weighted by atomic mass is 9.86. The summed E-state index contributed by atoms with van der Waals surface area (Å²) in [6.07, 6.45) is 4.76. The zero-order chi connectivity index (χ0) is 30.9. The number of hydrogen-bond acceptors (Lipinski definition) is 6. The number of halogens is 1. The molecule has 0 saturated carbocycles. The quantitative estimate of drug-likeness (QED) is 0.271. The highest BCUT2D eigenvalue weighted by molar-refractivity contribution is 5.86. The summed E-state index contributed by atoms with van der Waals surface area (Å²) in [7, 11) is 0. The van der Waals surface area contributed by atoms with Gasteiger partial charge in [0, 0.05) is 24.0 Å². The highest BCUT2D eigenvalue weighted by atomic mass is 19.1. The molecule has 0 spiro atoms. The SMILES string of the molecule is CC(C)c1nc2c(c(-c3ccc(F)cc3)c1C=C[C@@H]1C[C@H](CC(=O)OC(C)(C)C)OC(C)(C)O1)CCOc1ccccc1-2. The monoisotopic (exact) mass is 587 g/mol. The average Bonchev–Trinajstić information content (AvgIpc) is 3.09. The number of carbonyl (C=O) groups is 1. The van der Waals surface area contributed by atoms with Crippen LogP contribution in [0.25, 0.3) is 28.5 Å². The fourth-order valence-electron chi connectivity index (χ4n) is 5.89. The Labute approximate surface area is 254 Å². The summed E-state index contributed by atoms with van der Waals surface area (Å²) in [6.45, 7) is 14.1. The molecule has 0 amide bonds. The Balaban J connectivity index is 1.59. The number of carbonyl (C=O) groups excluding carboxylic acids is 1. The largest absolute Gasteiger partial charge is 0.493 e. The molecule has 0 radical (unpaired) electrons. The van der Waals surface area contributed by atoms with Gasteiger partial charge in [-0.15, -0.1) is 0 Å². The van der Waals surface area contributed by atoms with Crippen molar-refractivity contribution in [2.45, 2.75) is 97.2 Å². The van der Waals surface area contributed by atoms with E-state index in [0.717, 1.165) is 45.0 Å². The van der Waals surface area contributed by atoms with E-state index in [2.05, 4.69) is 19.9 Å². The molecule has 2 aliphatic heterocycles. The van der Waals surface area contributed by atoms with Gasteiger partial charge in [-0.1, -0.05) is 50.3 Å². The predicted molar refractivity (Wildman–Crippen MR) is 166 cm³/mol. The molecule has 2 aliphatic rings. The summed E-state index contributed by atoms with van der Waals surface area (Å²) in [6, 6.07) is 14.6. The van der Waals surface area contributed by atoms with Crippen LogP contribution >= 0.6 is 0 Å². The second-order valence-corrected chi connectivity index (χ2v) is 13.1. The molecule has 2 atom stereocenters. The second-order valence-electron chi connectivity index (χ2n) is 13.1. The summed E-state index contributed by atoms with van der Waals surface area (Å²) in [5.74, 6) is -0.546. The van der Waals surface area contributed by atoms with Gasteiger partial charge in [-0.05, 0) is 81.5 Å². The number of para-hydroxylation sites is 1. The van der Waals surface area contributed by atoms with Gasteiger partial charge in [0.2, 0.25) is 0 Å². The number of nitrogens with zero attached hydrogens (tertiary/aromatic N) is 1. The van der Waals surface area contributed by atoms with E-state index < -0.39 is 11.4 Å². The van der Waals surface area contributed by atoms with E-state index in [1.807, 2.05) is 77.1 Å². The number of esters is 1. The van der Waals surface area contributed by atoms with Crippen LogP contribution in [0.4, 0.5) is 4.39 Å². The molecule has 7 heteroatoms. The van der Waals surface area contributed by atoms with Crippen molar-refractivity contribution >= 4 is 12.0 Å². The summed E-state index contributed by atoms with van der Waals surface area (Å²) in [5, 5.41) is 0. The highest BCUT2D eigenvalue weighted by Crippen LogP contribution is 2.43. The van der Waals surface area contributed by atoms with Crippen LogP contribution in [-0.2, 0) is 25.4 Å². The molecule has 228 valence electrons. The fourth-order valence-corrected chi connectivity index (χ4v) is 5.89. The minimum absolute atomic E-state index is 0.104. The summed E-state index contributed by atoms with van der Waals surface area (Å²) < 4.78 is 38.2. The first-order valence-corrected chi connectivity index (χ1v) is 15.1. The van der Waals surface area contributed by atoms with Crippen molar-refractivity contribution < 1.29 is 28.1 Å². The maximum atomic E-state index is 14.1. The summed E-state index contributed by atoms with van der Waals surface area (Å²) in [5.41, 5.74) is 6.18. The van der Waals surface area contributed by atoms with Crippen LogP contribution in [0.15, 0.2) is 54.6 Å². The lowest BCUT2D eigenvalue weighted by molar-refractivity contribution is -0.290. The van der Waals surface area contributed by atoms with Gasteiger partial charge in [0.05, 0.1) is 36.6 Å². The molecular weight excluding hydrogens is 545 g/mol. The minimum atomic E-state index is -0.881. The molecule has 3 aromatic rings. The maximum Gasteiger partial charge on any atom is 0.308 e. The van der Waals surface area contributed by atoms with Crippen LogP contribution in [0.2, 0.25) is 0 Å². The Morgan fingerprint density at radius 2 is 1.84 bits per heavy atom. The zero-order valence-electron chi connectivity index (χ0n) is 26.2. The zero-order valence-corrected chi connectivity index (χ0v) is 26.2. The predicted octanol–water partition coefficient (Wildman–Crippen LogP) is 8.27. The number of ether oxygens (including phenoxy) is 4. The topological polar surface area (TPSA) is 66.9 Å². The van der Waals surface area contributed by atoms with Gasteiger partial charge in [-0.2, -0.15) is 0 Å². The van der Waals surface area contributed by atoms with Crippen molar-refractivity contribution in [3.8, 4) is 28.1 Å². The lowest BCUT2D eigenvalue weighted by Gasteiger charge is -2.39. The van der Waals surface area contributed by atoms with Crippen molar-refractivity contribution in [2.75, 3.05) is 6.61 Å². The maximum absolute atomic E-state index is 14.1. The van der Waals surface area contributed by atoms with E-state index in [0.29, 0.717) is 19.4 Å². The molecule has 6 nitrogen and oxygen atoms in total. The van der Waals surface area contributed by atoms with Crippen LogP contribution in [-0.4, -0.2) is 41.2 Å². The first kappa shape index (κ1) is 30.9. The third-order valence-corrected chi connectivity index (χ3v) is 7.47. The van der Waals surface area contributed by atoms with Crippen molar-refractivity contribution in [1.82, 2.24) is 4.98 Å². The Morgan fingerprint density at radius 3 is 2.53 bits per heavy atom. The molecule has 0 bridgehead atoms. The van der Waals surface area contributed by atoms with Crippen LogP contribution in [0.3, 0.4) is 0 Å². The standard InChI is InChI=1S/C36H42FNO5/c1-22(2)33-28(17-16-25-20-26(42-36(6,7)41-25)21-31(39)43-35(3,4)5)32(23-12-14-24(37)15-13-23)29-18-19-40-30-11-9-8-10-27(30)34(29)38-33/h8-17,22,25-26H,18-21H2,1-7H3/t25-,26-/m1/s1. The number of pyridine rings is 1.